The molecule has 0 unspecified atom stereocenters. The monoisotopic (exact) mass is 257 g/mol. The van der Waals surface area contributed by atoms with Crippen molar-refractivity contribution >= 4 is 15.8 Å². The molecule has 2 N–H and O–H groups in total. The van der Waals surface area contributed by atoms with Crippen LogP contribution >= 0.6 is 0 Å². The number of pyridine rings is 1. The van der Waals surface area contributed by atoms with Crippen molar-refractivity contribution in [1.82, 2.24) is 9.71 Å². The van der Waals surface area contributed by atoms with Crippen molar-refractivity contribution in [3.8, 4) is 0 Å². The third kappa shape index (κ3) is 3.67. The topological polar surface area (TPSA) is 71.1 Å². The summed E-state index contributed by atoms with van der Waals surface area (Å²) in [6.45, 7) is 7.21. The van der Waals surface area contributed by atoms with Crippen LogP contribution in [0.15, 0.2) is 17.2 Å². The van der Waals surface area contributed by atoms with Gasteiger partial charge in [-0.15, -0.1) is 0 Å². The lowest BCUT2D eigenvalue weighted by atomic mass is 10.1. The zero-order valence-electron chi connectivity index (χ0n) is 10.8. The molecule has 1 aromatic rings. The fraction of sp³-hybridized carbons (Fsp3) is 0.545. The molecule has 96 valence electrons. The summed E-state index contributed by atoms with van der Waals surface area (Å²) in [6.07, 6.45) is 1.35. The number of hydrogen-bond acceptors (Lipinski definition) is 4. The zero-order chi connectivity index (χ0) is 13.3. The van der Waals surface area contributed by atoms with Gasteiger partial charge in [0.2, 0.25) is 10.0 Å². The molecular weight excluding hydrogens is 238 g/mol. The lowest BCUT2D eigenvalue weighted by molar-refractivity contribution is 0.491. The molecule has 1 rings (SSSR count). The summed E-state index contributed by atoms with van der Waals surface area (Å²) >= 11 is 0. The largest absolute Gasteiger partial charge is 0.373 e. The number of hydrogen-bond donors (Lipinski definition) is 2. The number of nitrogens with one attached hydrogen (secondary N) is 2. The van der Waals surface area contributed by atoms with Crippen molar-refractivity contribution in [2.24, 2.45) is 0 Å². The highest BCUT2D eigenvalue weighted by Crippen LogP contribution is 2.17. The Hall–Kier alpha value is -1.14. The van der Waals surface area contributed by atoms with Crippen LogP contribution in [0.2, 0.25) is 0 Å². The summed E-state index contributed by atoms with van der Waals surface area (Å²) < 4.78 is 26.6. The molecule has 6 heteroatoms. The third-order valence-electron chi connectivity index (χ3n) is 2.04. The van der Waals surface area contributed by atoms with Crippen molar-refractivity contribution in [3.63, 3.8) is 0 Å². The molecule has 1 aromatic heterocycles. The van der Waals surface area contributed by atoms with Crippen LogP contribution in [0.25, 0.3) is 0 Å². The molecule has 0 atom stereocenters. The van der Waals surface area contributed by atoms with Gasteiger partial charge in [-0.25, -0.2) is 18.1 Å². The number of nitrogens with zero attached hydrogens (tertiary/aromatic N) is 1. The van der Waals surface area contributed by atoms with Crippen LogP contribution in [-0.4, -0.2) is 26.0 Å². The molecule has 0 aliphatic carbocycles. The van der Waals surface area contributed by atoms with Gasteiger partial charge in [-0.1, -0.05) is 0 Å². The van der Waals surface area contributed by atoms with Crippen LogP contribution in [0.3, 0.4) is 0 Å². The molecule has 0 saturated heterocycles. The summed E-state index contributed by atoms with van der Waals surface area (Å²) in [7, 11) is -1.76. The zero-order valence-corrected chi connectivity index (χ0v) is 11.6. The Labute approximate surface area is 103 Å². The minimum atomic E-state index is -3.51. The SMILES string of the molecule is CNc1ncc(S(=O)(=O)NC(C)(C)C)cc1C. The lowest BCUT2D eigenvalue weighted by Gasteiger charge is -2.20. The van der Waals surface area contributed by atoms with Gasteiger partial charge in [-0.2, -0.15) is 0 Å². The fourth-order valence-corrected chi connectivity index (χ4v) is 2.87. The summed E-state index contributed by atoms with van der Waals surface area (Å²) in [5.74, 6) is 0.680. The quantitative estimate of drug-likeness (QED) is 0.861. The maximum atomic E-state index is 12.0. The van der Waals surface area contributed by atoms with Crippen LogP contribution in [0.1, 0.15) is 26.3 Å². The second-order valence-corrected chi connectivity index (χ2v) is 6.62. The molecular formula is C11H19N3O2S. The highest BCUT2D eigenvalue weighted by atomic mass is 32.2. The molecule has 5 nitrogen and oxygen atoms in total. The highest BCUT2D eigenvalue weighted by Gasteiger charge is 2.22. The van der Waals surface area contributed by atoms with E-state index in [2.05, 4.69) is 15.0 Å². The average Bonchev–Trinajstić information content (AvgIpc) is 2.13. The van der Waals surface area contributed by atoms with Gasteiger partial charge in [-0.3, -0.25) is 0 Å². The van der Waals surface area contributed by atoms with Crippen LogP contribution in [0.4, 0.5) is 5.82 Å². The minimum Gasteiger partial charge on any atom is -0.373 e. The Morgan fingerprint density at radius 1 is 1.29 bits per heavy atom. The second-order valence-electron chi connectivity index (χ2n) is 4.94. The van der Waals surface area contributed by atoms with Crippen molar-refractivity contribution < 1.29 is 8.42 Å². The molecule has 17 heavy (non-hydrogen) atoms. The third-order valence-corrected chi connectivity index (χ3v) is 3.77. The molecule has 0 saturated carbocycles. The molecule has 1 heterocycles. The van der Waals surface area contributed by atoms with E-state index in [1.807, 2.05) is 6.92 Å². The summed E-state index contributed by atoms with van der Waals surface area (Å²) in [4.78, 5) is 4.25. The first-order valence-electron chi connectivity index (χ1n) is 5.34. The normalized spacial score (nSPS) is 12.5. The predicted molar refractivity (Wildman–Crippen MR) is 68.6 cm³/mol. The van der Waals surface area contributed by atoms with E-state index in [0.717, 1.165) is 5.56 Å². The van der Waals surface area contributed by atoms with E-state index < -0.39 is 15.6 Å². The van der Waals surface area contributed by atoms with Crippen molar-refractivity contribution in [2.75, 3.05) is 12.4 Å². The van der Waals surface area contributed by atoms with E-state index in [1.165, 1.54) is 6.20 Å². The van der Waals surface area contributed by atoms with E-state index in [4.69, 9.17) is 0 Å². The number of sulfonamides is 1. The van der Waals surface area contributed by atoms with Gasteiger partial charge in [0.25, 0.3) is 0 Å². The Morgan fingerprint density at radius 3 is 2.29 bits per heavy atom. The first-order chi connectivity index (χ1) is 7.65. The van der Waals surface area contributed by atoms with Gasteiger partial charge in [0, 0.05) is 18.8 Å². The molecule has 0 fully saturated rings. The van der Waals surface area contributed by atoms with E-state index >= 15 is 0 Å². The first kappa shape index (κ1) is 13.9. The average molecular weight is 257 g/mol. The van der Waals surface area contributed by atoms with Crippen LogP contribution < -0.4 is 10.0 Å². The maximum absolute atomic E-state index is 12.0. The number of rotatable bonds is 3. The fourth-order valence-electron chi connectivity index (χ4n) is 1.42. The first-order valence-corrected chi connectivity index (χ1v) is 6.82. The number of aromatic nitrogens is 1. The Morgan fingerprint density at radius 2 is 1.88 bits per heavy atom. The Kier molecular flexibility index (Phi) is 3.78. The molecule has 0 radical (unpaired) electrons. The van der Waals surface area contributed by atoms with Crippen LogP contribution in [0, 0.1) is 6.92 Å². The number of aryl methyl sites for hydroxylation is 1. The Balaban J connectivity index is 3.13. The van der Waals surface area contributed by atoms with Crippen LogP contribution in [0.5, 0.6) is 0 Å². The van der Waals surface area contributed by atoms with E-state index in [1.54, 1.807) is 33.9 Å². The number of anilines is 1. The summed E-state index contributed by atoms with van der Waals surface area (Å²) in [5, 5.41) is 2.90. The van der Waals surface area contributed by atoms with Gasteiger partial charge in [-0.05, 0) is 39.3 Å². The van der Waals surface area contributed by atoms with Gasteiger partial charge >= 0.3 is 0 Å². The van der Waals surface area contributed by atoms with E-state index in [9.17, 15) is 8.42 Å². The van der Waals surface area contributed by atoms with Crippen molar-refractivity contribution in [1.29, 1.82) is 0 Å². The van der Waals surface area contributed by atoms with Gasteiger partial charge in [0.15, 0.2) is 0 Å². The van der Waals surface area contributed by atoms with Gasteiger partial charge in [0.05, 0.1) is 0 Å². The Bertz CT molecular complexity index is 504. The van der Waals surface area contributed by atoms with Crippen LogP contribution in [-0.2, 0) is 10.0 Å². The molecule has 0 amide bonds. The molecule has 0 aliphatic heterocycles. The lowest BCUT2D eigenvalue weighted by Crippen LogP contribution is -2.40. The molecule has 0 bridgehead atoms. The molecule has 0 aromatic carbocycles. The standard InChI is InChI=1S/C11H19N3O2S/c1-8-6-9(7-13-10(8)12-5)17(15,16)14-11(2,3)4/h6-7,14H,1-5H3,(H,12,13). The maximum Gasteiger partial charge on any atom is 0.242 e. The molecule has 0 aliphatic rings. The van der Waals surface area contributed by atoms with E-state index in [0.29, 0.717) is 5.82 Å². The highest BCUT2D eigenvalue weighted by molar-refractivity contribution is 7.89. The summed E-state index contributed by atoms with van der Waals surface area (Å²) in [6, 6.07) is 1.60. The predicted octanol–water partition coefficient (Wildman–Crippen LogP) is 1.51. The van der Waals surface area contributed by atoms with Crippen molar-refractivity contribution in [3.05, 3.63) is 17.8 Å². The minimum absolute atomic E-state index is 0.184. The second kappa shape index (κ2) is 4.62. The van der Waals surface area contributed by atoms with Crippen molar-refractivity contribution in [2.45, 2.75) is 38.1 Å². The van der Waals surface area contributed by atoms with Gasteiger partial charge < -0.3 is 5.32 Å². The smallest absolute Gasteiger partial charge is 0.242 e. The summed E-state index contributed by atoms with van der Waals surface area (Å²) in [5.41, 5.74) is 0.290. The molecule has 0 spiro atoms. The van der Waals surface area contributed by atoms with Gasteiger partial charge in [0.1, 0.15) is 10.7 Å². The van der Waals surface area contributed by atoms with E-state index in [-0.39, 0.29) is 4.90 Å².